The van der Waals surface area contributed by atoms with Gasteiger partial charge in [-0.2, -0.15) is 9.97 Å². The Labute approximate surface area is 166 Å². The van der Waals surface area contributed by atoms with Crippen LogP contribution in [0.3, 0.4) is 0 Å². The fraction of sp³-hybridized carbons (Fsp3) is 0.333. The van der Waals surface area contributed by atoms with E-state index in [0.717, 1.165) is 31.2 Å². The molecule has 11 heteroatoms. The van der Waals surface area contributed by atoms with Gasteiger partial charge >= 0.3 is 6.01 Å². The lowest BCUT2D eigenvalue weighted by atomic mass is 9.91. The highest BCUT2D eigenvalue weighted by atomic mass is 16.5. The van der Waals surface area contributed by atoms with Crippen molar-refractivity contribution in [3.63, 3.8) is 0 Å². The second-order valence-electron chi connectivity index (χ2n) is 6.81. The average molecular weight is 395 g/mol. The fourth-order valence-electron chi connectivity index (χ4n) is 3.22. The minimum absolute atomic E-state index is 0.00365. The molecule has 0 bridgehead atoms. The predicted octanol–water partition coefficient (Wildman–Crippen LogP) is 1.45. The predicted molar refractivity (Wildman–Crippen MR) is 105 cm³/mol. The summed E-state index contributed by atoms with van der Waals surface area (Å²) in [5.41, 5.74) is 12.2. The van der Waals surface area contributed by atoms with Crippen molar-refractivity contribution in [2.24, 2.45) is 11.5 Å². The molecule has 1 aliphatic rings. The first-order valence-corrected chi connectivity index (χ1v) is 9.33. The normalized spacial score (nSPS) is 18.9. The van der Waals surface area contributed by atoms with Crippen LogP contribution in [0.4, 0.5) is 17.8 Å². The summed E-state index contributed by atoms with van der Waals surface area (Å²) in [5, 5.41) is 17.8. The number of primary amides is 1. The van der Waals surface area contributed by atoms with Crippen LogP contribution >= 0.6 is 0 Å². The second kappa shape index (κ2) is 8.19. The molecule has 3 aromatic rings. The van der Waals surface area contributed by atoms with Crippen molar-refractivity contribution < 1.29 is 9.32 Å². The van der Waals surface area contributed by atoms with Crippen LogP contribution in [0.25, 0.3) is 11.4 Å². The zero-order chi connectivity index (χ0) is 20.2. The SMILES string of the molecule is NC(=O)c1nnc(N[C@@H]2CCCC[C@@H]2N)nc1Nc1nc(-c2ccccc2)no1. The zero-order valence-corrected chi connectivity index (χ0v) is 15.6. The molecular formula is C18H21N9O2. The number of nitrogens with zero attached hydrogens (tertiary/aromatic N) is 5. The number of amides is 1. The van der Waals surface area contributed by atoms with Crippen molar-refractivity contribution in [3.05, 3.63) is 36.0 Å². The molecule has 1 amide bonds. The number of benzene rings is 1. The van der Waals surface area contributed by atoms with Crippen LogP contribution < -0.4 is 22.1 Å². The Balaban J connectivity index is 1.57. The van der Waals surface area contributed by atoms with Gasteiger partial charge in [0.25, 0.3) is 5.91 Å². The molecule has 0 aliphatic heterocycles. The Morgan fingerprint density at radius 2 is 1.90 bits per heavy atom. The number of carbonyl (C=O) groups is 1. The average Bonchev–Trinajstić information content (AvgIpc) is 3.19. The molecule has 6 N–H and O–H groups in total. The molecule has 4 rings (SSSR count). The highest BCUT2D eigenvalue weighted by molar-refractivity contribution is 5.95. The van der Waals surface area contributed by atoms with Gasteiger partial charge in [-0.25, -0.2) is 0 Å². The van der Waals surface area contributed by atoms with E-state index >= 15 is 0 Å². The molecule has 2 aromatic heterocycles. The van der Waals surface area contributed by atoms with Crippen LogP contribution in [0.1, 0.15) is 36.2 Å². The maximum Gasteiger partial charge on any atom is 0.327 e. The van der Waals surface area contributed by atoms with Crippen LogP contribution in [0.5, 0.6) is 0 Å². The molecule has 29 heavy (non-hydrogen) atoms. The van der Waals surface area contributed by atoms with E-state index in [9.17, 15) is 4.79 Å². The summed E-state index contributed by atoms with van der Waals surface area (Å²) in [6.45, 7) is 0. The standard InChI is InChI=1S/C18H21N9O2/c19-11-8-4-5-9-12(11)21-17-22-16(13(14(20)28)25-26-17)24-18-23-15(27-29-18)10-6-2-1-3-7-10/h1-3,6-7,11-12H,4-5,8-9,19H2,(H2,20,28)(H2,21,22,23,24,26,27)/t11-,12+/m0/s1. The topological polar surface area (TPSA) is 171 Å². The number of hydrogen-bond acceptors (Lipinski definition) is 10. The molecule has 150 valence electrons. The summed E-state index contributed by atoms with van der Waals surface area (Å²) in [5.74, 6) is -0.0798. The minimum atomic E-state index is -0.781. The van der Waals surface area contributed by atoms with E-state index in [-0.39, 0.29) is 35.6 Å². The van der Waals surface area contributed by atoms with Crippen LogP contribution in [-0.2, 0) is 0 Å². The van der Waals surface area contributed by atoms with Gasteiger partial charge in [-0.3, -0.25) is 10.1 Å². The number of nitrogens with one attached hydrogen (secondary N) is 2. The van der Waals surface area contributed by atoms with Gasteiger partial charge in [-0.05, 0) is 12.8 Å². The summed E-state index contributed by atoms with van der Waals surface area (Å²) in [6.07, 6.45) is 4.02. The minimum Gasteiger partial charge on any atom is -0.364 e. The summed E-state index contributed by atoms with van der Waals surface area (Å²) in [7, 11) is 0. The molecule has 1 saturated carbocycles. The Hall–Kier alpha value is -3.60. The first kappa shape index (κ1) is 18.7. The van der Waals surface area contributed by atoms with Gasteiger partial charge in [-0.1, -0.05) is 48.3 Å². The van der Waals surface area contributed by atoms with Crippen LogP contribution in [0.15, 0.2) is 34.9 Å². The highest BCUT2D eigenvalue weighted by Crippen LogP contribution is 2.23. The number of rotatable bonds is 6. The van der Waals surface area contributed by atoms with Crippen molar-refractivity contribution in [1.82, 2.24) is 25.3 Å². The van der Waals surface area contributed by atoms with Gasteiger partial charge in [0.05, 0.1) is 0 Å². The zero-order valence-electron chi connectivity index (χ0n) is 15.6. The molecule has 1 aromatic carbocycles. The number of hydrogen-bond donors (Lipinski definition) is 4. The summed E-state index contributed by atoms with van der Waals surface area (Å²) in [4.78, 5) is 20.3. The highest BCUT2D eigenvalue weighted by Gasteiger charge is 2.24. The van der Waals surface area contributed by atoms with E-state index in [1.807, 2.05) is 30.3 Å². The summed E-state index contributed by atoms with van der Waals surface area (Å²) < 4.78 is 5.21. The number of nitrogens with two attached hydrogens (primary N) is 2. The molecule has 0 saturated heterocycles. The Morgan fingerprint density at radius 1 is 1.10 bits per heavy atom. The number of anilines is 3. The lowest BCUT2D eigenvalue weighted by Gasteiger charge is -2.29. The van der Waals surface area contributed by atoms with E-state index in [1.165, 1.54) is 0 Å². The van der Waals surface area contributed by atoms with E-state index < -0.39 is 5.91 Å². The third kappa shape index (κ3) is 4.29. The number of carbonyl (C=O) groups excluding carboxylic acids is 1. The Morgan fingerprint density at radius 3 is 2.66 bits per heavy atom. The molecule has 11 nitrogen and oxygen atoms in total. The molecule has 2 atom stereocenters. The third-order valence-corrected chi connectivity index (χ3v) is 4.74. The van der Waals surface area contributed by atoms with Crippen molar-refractivity contribution in [2.75, 3.05) is 10.6 Å². The third-order valence-electron chi connectivity index (χ3n) is 4.74. The smallest absolute Gasteiger partial charge is 0.327 e. The molecule has 1 fully saturated rings. The lowest BCUT2D eigenvalue weighted by Crippen LogP contribution is -2.43. The van der Waals surface area contributed by atoms with Crippen molar-refractivity contribution in [1.29, 1.82) is 0 Å². The maximum absolute atomic E-state index is 11.7. The first-order valence-electron chi connectivity index (χ1n) is 9.33. The van der Waals surface area contributed by atoms with E-state index in [4.69, 9.17) is 16.0 Å². The monoisotopic (exact) mass is 395 g/mol. The Bertz CT molecular complexity index is 992. The molecule has 1 aliphatic carbocycles. The van der Waals surface area contributed by atoms with Crippen LogP contribution in [-0.4, -0.2) is 43.3 Å². The molecular weight excluding hydrogens is 374 g/mol. The lowest BCUT2D eigenvalue weighted by molar-refractivity contribution is 0.0995. The van der Waals surface area contributed by atoms with Gasteiger partial charge < -0.3 is 21.3 Å². The van der Waals surface area contributed by atoms with Crippen LogP contribution in [0, 0.1) is 0 Å². The molecule has 0 unspecified atom stereocenters. The van der Waals surface area contributed by atoms with Crippen LogP contribution in [0.2, 0.25) is 0 Å². The van der Waals surface area contributed by atoms with E-state index in [0.29, 0.717) is 5.82 Å². The second-order valence-corrected chi connectivity index (χ2v) is 6.81. The van der Waals surface area contributed by atoms with Gasteiger partial charge in [0, 0.05) is 17.6 Å². The Kier molecular flexibility index (Phi) is 5.29. The van der Waals surface area contributed by atoms with Crippen molar-refractivity contribution in [2.45, 2.75) is 37.8 Å². The largest absolute Gasteiger partial charge is 0.364 e. The maximum atomic E-state index is 11.7. The van der Waals surface area contributed by atoms with Gasteiger partial charge in [0.2, 0.25) is 11.8 Å². The summed E-state index contributed by atoms with van der Waals surface area (Å²) in [6, 6.07) is 9.41. The summed E-state index contributed by atoms with van der Waals surface area (Å²) >= 11 is 0. The van der Waals surface area contributed by atoms with Gasteiger partial charge in [-0.15, -0.1) is 10.2 Å². The fourth-order valence-corrected chi connectivity index (χ4v) is 3.22. The number of aromatic nitrogens is 5. The molecule has 2 heterocycles. The first-order chi connectivity index (χ1) is 14.1. The molecule has 0 radical (unpaired) electrons. The van der Waals surface area contributed by atoms with Gasteiger partial charge in [0.15, 0.2) is 11.5 Å². The quantitative estimate of drug-likeness (QED) is 0.478. The molecule has 0 spiro atoms. The van der Waals surface area contributed by atoms with E-state index in [1.54, 1.807) is 0 Å². The van der Waals surface area contributed by atoms with Crippen molar-refractivity contribution in [3.8, 4) is 11.4 Å². The van der Waals surface area contributed by atoms with E-state index in [2.05, 4.69) is 36.0 Å². The van der Waals surface area contributed by atoms with Gasteiger partial charge in [0.1, 0.15) is 0 Å². The van der Waals surface area contributed by atoms with Crippen molar-refractivity contribution >= 4 is 23.7 Å².